The monoisotopic (exact) mass is 270 g/mol. The maximum atomic E-state index is 13.9. The van der Waals surface area contributed by atoms with Crippen molar-refractivity contribution in [2.45, 2.75) is 32.8 Å². The van der Waals surface area contributed by atoms with Gasteiger partial charge in [-0.1, -0.05) is 0 Å². The third-order valence-electron chi connectivity index (χ3n) is 2.67. The van der Waals surface area contributed by atoms with Crippen LogP contribution in [0.25, 0.3) is 0 Å². The standard InChI is InChI=1S/C14H19FO4/c1-5-19-12(16)7-9-6-10(14(2,3)17)8-11(15)13(9)18-4/h6,8,17H,5,7H2,1-4H3. The van der Waals surface area contributed by atoms with Crippen LogP contribution in [0.15, 0.2) is 12.1 Å². The fourth-order valence-electron chi connectivity index (χ4n) is 1.73. The van der Waals surface area contributed by atoms with Crippen LogP contribution in [0, 0.1) is 5.82 Å². The summed E-state index contributed by atoms with van der Waals surface area (Å²) >= 11 is 0. The SMILES string of the molecule is CCOC(=O)Cc1cc(C(C)(C)O)cc(F)c1OC. The van der Waals surface area contributed by atoms with Crippen LogP contribution < -0.4 is 4.74 Å². The molecule has 19 heavy (non-hydrogen) atoms. The third-order valence-corrected chi connectivity index (χ3v) is 2.67. The van der Waals surface area contributed by atoms with Gasteiger partial charge in [0.2, 0.25) is 0 Å². The Morgan fingerprint density at radius 3 is 2.53 bits per heavy atom. The van der Waals surface area contributed by atoms with Crippen molar-refractivity contribution in [1.29, 1.82) is 0 Å². The Morgan fingerprint density at radius 2 is 2.05 bits per heavy atom. The molecule has 0 aliphatic carbocycles. The Bertz CT molecular complexity index is 463. The number of halogens is 1. The number of hydrogen-bond donors (Lipinski definition) is 1. The van der Waals surface area contributed by atoms with E-state index in [0.717, 1.165) is 0 Å². The van der Waals surface area contributed by atoms with Gasteiger partial charge in [-0.25, -0.2) is 4.39 Å². The average Bonchev–Trinajstić information content (AvgIpc) is 2.27. The molecule has 0 saturated heterocycles. The lowest BCUT2D eigenvalue weighted by Crippen LogP contribution is -2.17. The average molecular weight is 270 g/mol. The molecule has 0 heterocycles. The molecule has 0 aliphatic heterocycles. The van der Waals surface area contributed by atoms with Gasteiger partial charge in [0.15, 0.2) is 11.6 Å². The van der Waals surface area contributed by atoms with E-state index in [1.807, 2.05) is 0 Å². The van der Waals surface area contributed by atoms with E-state index in [9.17, 15) is 14.3 Å². The number of methoxy groups -OCH3 is 1. The molecule has 0 unspecified atom stereocenters. The number of rotatable bonds is 5. The van der Waals surface area contributed by atoms with E-state index < -0.39 is 17.4 Å². The number of aliphatic hydroxyl groups is 1. The largest absolute Gasteiger partial charge is 0.493 e. The molecule has 106 valence electrons. The molecule has 0 bridgehead atoms. The highest BCUT2D eigenvalue weighted by atomic mass is 19.1. The quantitative estimate of drug-likeness (QED) is 0.833. The van der Waals surface area contributed by atoms with Crippen LogP contribution >= 0.6 is 0 Å². The lowest BCUT2D eigenvalue weighted by atomic mass is 9.95. The maximum Gasteiger partial charge on any atom is 0.310 e. The predicted molar refractivity (Wildman–Crippen MR) is 68.5 cm³/mol. The molecular formula is C14H19FO4. The summed E-state index contributed by atoms with van der Waals surface area (Å²) in [7, 11) is 1.33. The summed E-state index contributed by atoms with van der Waals surface area (Å²) in [4.78, 5) is 11.5. The van der Waals surface area contributed by atoms with Crippen molar-refractivity contribution in [2.75, 3.05) is 13.7 Å². The van der Waals surface area contributed by atoms with Crippen LogP contribution in [0.2, 0.25) is 0 Å². The molecule has 4 nitrogen and oxygen atoms in total. The molecule has 1 rings (SSSR count). The van der Waals surface area contributed by atoms with Gasteiger partial charge in [0.25, 0.3) is 0 Å². The van der Waals surface area contributed by atoms with Gasteiger partial charge in [-0.05, 0) is 38.5 Å². The summed E-state index contributed by atoms with van der Waals surface area (Å²) in [6.45, 7) is 5.04. The van der Waals surface area contributed by atoms with Crippen LogP contribution in [0.4, 0.5) is 4.39 Å². The molecule has 0 amide bonds. The van der Waals surface area contributed by atoms with Crippen molar-refractivity contribution < 1.29 is 23.8 Å². The molecule has 0 radical (unpaired) electrons. The van der Waals surface area contributed by atoms with E-state index in [2.05, 4.69) is 0 Å². The number of benzene rings is 1. The van der Waals surface area contributed by atoms with Gasteiger partial charge in [-0.2, -0.15) is 0 Å². The lowest BCUT2D eigenvalue weighted by Gasteiger charge is -2.20. The molecule has 5 heteroatoms. The summed E-state index contributed by atoms with van der Waals surface area (Å²) in [5, 5.41) is 9.92. The van der Waals surface area contributed by atoms with E-state index in [0.29, 0.717) is 11.1 Å². The second-order valence-electron chi connectivity index (χ2n) is 4.69. The second-order valence-corrected chi connectivity index (χ2v) is 4.69. The lowest BCUT2D eigenvalue weighted by molar-refractivity contribution is -0.142. The number of hydrogen-bond acceptors (Lipinski definition) is 4. The molecule has 1 N–H and O–H groups in total. The number of carbonyl (C=O) groups excluding carboxylic acids is 1. The summed E-state index contributed by atoms with van der Waals surface area (Å²) in [6, 6.07) is 2.76. The van der Waals surface area contributed by atoms with E-state index in [-0.39, 0.29) is 18.8 Å². The first kappa shape index (κ1) is 15.4. The minimum Gasteiger partial charge on any atom is -0.493 e. The first-order valence-corrected chi connectivity index (χ1v) is 6.04. The Labute approximate surface area is 112 Å². The summed E-state index contributed by atoms with van der Waals surface area (Å²) < 4.78 is 23.7. The van der Waals surface area contributed by atoms with Gasteiger partial charge in [0, 0.05) is 5.56 Å². The molecule has 1 aromatic carbocycles. The van der Waals surface area contributed by atoms with Gasteiger partial charge in [0.1, 0.15) is 0 Å². The highest BCUT2D eigenvalue weighted by Crippen LogP contribution is 2.30. The second kappa shape index (κ2) is 6.02. The fraction of sp³-hybridized carbons (Fsp3) is 0.500. The predicted octanol–water partition coefficient (Wildman–Crippen LogP) is 2.17. The van der Waals surface area contributed by atoms with Crippen molar-refractivity contribution in [2.24, 2.45) is 0 Å². The Kier molecular flexibility index (Phi) is 4.89. The normalized spacial score (nSPS) is 11.3. The molecular weight excluding hydrogens is 251 g/mol. The van der Waals surface area contributed by atoms with Gasteiger partial charge in [-0.3, -0.25) is 4.79 Å². The van der Waals surface area contributed by atoms with Crippen molar-refractivity contribution in [3.8, 4) is 5.75 Å². The van der Waals surface area contributed by atoms with Crippen LogP contribution in [0.1, 0.15) is 31.9 Å². The first-order valence-electron chi connectivity index (χ1n) is 6.04. The Hall–Kier alpha value is -1.62. The Morgan fingerprint density at radius 1 is 1.42 bits per heavy atom. The van der Waals surface area contributed by atoms with Crippen LogP contribution in [-0.2, 0) is 21.6 Å². The van der Waals surface area contributed by atoms with Crippen LogP contribution in [0.3, 0.4) is 0 Å². The molecule has 0 fully saturated rings. The fourth-order valence-corrected chi connectivity index (χ4v) is 1.73. The van der Waals surface area contributed by atoms with Gasteiger partial charge in [0.05, 0.1) is 25.7 Å². The highest BCUT2D eigenvalue weighted by Gasteiger charge is 2.22. The number of esters is 1. The van der Waals surface area contributed by atoms with Crippen LogP contribution in [0.5, 0.6) is 5.75 Å². The highest BCUT2D eigenvalue weighted by molar-refractivity contribution is 5.73. The molecule has 0 aliphatic rings. The van der Waals surface area contributed by atoms with Gasteiger partial charge in [-0.15, -0.1) is 0 Å². The topological polar surface area (TPSA) is 55.8 Å². The third kappa shape index (κ3) is 3.92. The number of carbonyl (C=O) groups is 1. The van der Waals surface area contributed by atoms with Gasteiger partial charge >= 0.3 is 5.97 Å². The summed E-state index contributed by atoms with van der Waals surface area (Å²) in [6.07, 6.45) is -0.0994. The van der Waals surface area contributed by atoms with Crippen molar-refractivity contribution in [3.63, 3.8) is 0 Å². The summed E-state index contributed by atoms with van der Waals surface area (Å²) in [5.41, 5.74) is -0.459. The van der Waals surface area contributed by atoms with E-state index in [1.165, 1.54) is 13.2 Å². The van der Waals surface area contributed by atoms with E-state index >= 15 is 0 Å². The smallest absolute Gasteiger partial charge is 0.310 e. The first-order chi connectivity index (χ1) is 8.79. The molecule has 0 atom stereocenters. The molecule has 0 spiro atoms. The zero-order valence-corrected chi connectivity index (χ0v) is 11.6. The van der Waals surface area contributed by atoms with E-state index in [1.54, 1.807) is 26.8 Å². The molecule has 0 saturated carbocycles. The van der Waals surface area contributed by atoms with Crippen molar-refractivity contribution in [3.05, 3.63) is 29.1 Å². The van der Waals surface area contributed by atoms with Crippen molar-refractivity contribution >= 4 is 5.97 Å². The minimum atomic E-state index is -1.20. The van der Waals surface area contributed by atoms with Crippen molar-refractivity contribution in [1.82, 2.24) is 0 Å². The van der Waals surface area contributed by atoms with Gasteiger partial charge < -0.3 is 14.6 Å². The summed E-state index contributed by atoms with van der Waals surface area (Å²) in [5.74, 6) is -1.07. The zero-order chi connectivity index (χ0) is 14.6. The Balaban J connectivity index is 3.19. The van der Waals surface area contributed by atoms with Crippen LogP contribution in [-0.4, -0.2) is 24.8 Å². The maximum absolute atomic E-state index is 13.9. The molecule has 1 aromatic rings. The number of ether oxygens (including phenoxy) is 2. The minimum absolute atomic E-state index is 0.000975. The molecule has 0 aromatic heterocycles. The zero-order valence-electron chi connectivity index (χ0n) is 11.6. The van der Waals surface area contributed by atoms with E-state index in [4.69, 9.17) is 9.47 Å².